The molecule has 20 heavy (non-hydrogen) atoms. The van der Waals surface area contributed by atoms with Crippen LogP contribution in [-0.2, 0) is 6.42 Å². The third kappa shape index (κ3) is 2.94. The molecule has 1 aliphatic rings. The summed E-state index contributed by atoms with van der Waals surface area (Å²) in [5.74, 6) is 6.14. The first kappa shape index (κ1) is 14.4. The second-order valence-electron chi connectivity index (χ2n) is 6.03. The van der Waals surface area contributed by atoms with E-state index < -0.39 is 5.41 Å². The summed E-state index contributed by atoms with van der Waals surface area (Å²) >= 11 is 0. The van der Waals surface area contributed by atoms with E-state index in [1.807, 2.05) is 20.0 Å². The summed E-state index contributed by atoms with van der Waals surface area (Å²) in [5.41, 5.74) is 2.68. The molecule has 2 heterocycles. The highest BCUT2D eigenvalue weighted by atomic mass is 15.2. The topological polar surface area (TPSA) is 39.9 Å². The average molecular weight is 267 g/mol. The second-order valence-corrected chi connectivity index (χ2v) is 6.03. The third-order valence-corrected chi connectivity index (χ3v) is 3.56. The second kappa shape index (κ2) is 5.55. The monoisotopic (exact) mass is 267 g/mol. The number of hydrogen-bond donors (Lipinski definition) is 0. The van der Waals surface area contributed by atoms with Crippen LogP contribution in [-0.4, -0.2) is 17.6 Å². The van der Waals surface area contributed by atoms with Gasteiger partial charge in [-0.3, -0.25) is 0 Å². The molecule has 3 nitrogen and oxygen atoms in total. The van der Waals surface area contributed by atoms with Crippen LogP contribution in [0.1, 0.15) is 45.4 Å². The first-order valence-corrected chi connectivity index (χ1v) is 7.13. The molecule has 0 saturated heterocycles. The van der Waals surface area contributed by atoms with Crippen LogP contribution >= 0.6 is 0 Å². The van der Waals surface area contributed by atoms with Crippen LogP contribution in [0.25, 0.3) is 0 Å². The van der Waals surface area contributed by atoms with Crippen molar-refractivity contribution in [3.05, 3.63) is 23.5 Å². The molecule has 1 aliphatic heterocycles. The highest BCUT2D eigenvalue weighted by molar-refractivity contribution is 5.60. The molecule has 1 aromatic rings. The van der Waals surface area contributed by atoms with Crippen LogP contribution < -0.4 is 4.90 Å². The molecule has 0 saturated carbocycles. The van der Waals surface area contributed by atoms with E-state index in [1.165, 1.54) is 11.3 Å². The van der Waals surface area contributed by atoms with Gasteiger partial charge in [0.1, 0.15) is 11.1 Å². The van der Waals surface area contributed by atoms with E-state index in [1.54, 1.807) is 0 Å². The molecule has 0 spiro atoms. The minimum Gasteiger partial charge on any atom is -0.369 e. The molecule has 1 aromatic heterocycles. The van der Waals surface area contributed by atoms with Crippen LogP contribution in [0.3, 0.4) is 0 Å². The van der Waals surface area contributed by atoms with Crippen LogP contribution in [0.15, 0.2) is 12.3 Å². The summed E-state index contributed by atoms with van der Waals surface area (Å²) in [6, 6.07) is 4.76. The fraction of sp³-hybridized carbons (Fsp3) is 0.529. The highest BCUT2D eigenvalue weighted by Gasteiger charge is 2.21. The summed E-state index contributed by atoms with van der Waals surface area (Å²) in [4.78, 5) is 6.82. The van der Waals surface area contributed by atoms with Crippen molar-refractivity contribution in [3.63, 3.8) is 0 Å². The van der Waals surface area contributed by atoms with Crippen molar-refractivity contribution < 1.29 is 0 Å². The van der Waals surface area contributed by atoms with Crippen LogP contribution in [0.2, 0.25) is 0 Å². The van der Waals surface area contributed by atoms with Gasteiger partial charge in [0.25, 0.3) is 0 Å². The molecule has 0 atom stereocenters. The van der Waals surface area contributed by atoms with E-state index in [9.17, 15) is 0 Å². The number of rotatable bonds is 1. The van der Waals surface area contributed by atoms with Crippen molar-refractivity contribution >= 4 is 5.69 Å². The number of nitrogens with zero attached hydrogens (tertiary/aromatic N) is 3. The van der Waals surface area contributed by atoms with Gasteiger partial charge in [0, 0.05) is 30.0 Å². The SMILES string of the molecule is CC(C)N1CCCc2c1ccnc2C#CC(C)(C)C#N. The number of fused-ring (bicyclic) bond motifs is 1. The lowest BCUT2D eigenvalue weighted by atomic mass is 9.95. The van der Waals surface area contributed by atoms with E-state index >= 15 is 0 Å². The molecule has 104 valence electrons. The molecule has 0 N–H and O–H groups in total. The van der Waals surface area contributed by atoms with E-state index in [0.29, 0.717) is 6.04 Å². The molecular formula is C17H21N3. The smallest absolute Gasteiger partial charge is 0.118 e. The van der Waals surface area contributed by atoms with Gasteiger partial charge in [-0.15, -0.1) is 0 Å². The zero-order valence-electron chi connectivity index (χ0n) is 12.7. The zero-order valence-corrected chi connectivity index (χ0v) is 12.7. The Morgan fingerprint density at radius 2 is 2.15 bits per heavy atom. The Bertz CT molecular complexity index is 597. The van der Waals surface area contributed by atoms with Crippen LogP contribution in [0.5, 0.6) is 0 Å². The van der Waals surface area contributed by atoms with Crippen molar-refractivity contribution in [2.24, 2.45) is 5.41 Å². The summed E-state index contributed by atoms with van der Waals surface area (Å²) < 4.78 is 0. The fourth-order valence-corrected chi connectivity index (χ4v) is 2.43. The predicted octanol–water partition coefficient (Wildman–Crippen LogP) is 3.14. The number of nitriles is 1. The van der Waals surface area contributed by atoms with Crippen molar-refractivity contribution in [2.45, 2.75) is 46.6 Å². The van der Waals surface area contributed by atoms with Gasteiger partial charge in [0.05, 0.1) is 6.07 Å². The molecule has 0 aromatic carbocycles. The number of anilines is 1. The Hall–Kier alpha value is -2.00. The standard InChI is InChI=1S/C17H21N3/c1-13(2)20-11-5-6-14-15(19-10-8-16(14)20)7-9-17(3,4)12-18/h8,10,13H,5-6,11H2,1-4H3. The molecule has 0 amide bonds. The predicted molar refractivity (Wildman–Crippen MR) is 81.3 cm³/mol. The quantitative estimate of drug-likeness (QED) is 0.734. The van der Waals surface area contributed by atoms with Gasteiger partial charge >= 0.3 is 0 Å². The van der Waals surface area contributed by atoms with E-state index in [-0.39, 0.29) is 0 Å². The van der Waals surface area contributed by atoms with E-state index in [2.05, 4.69) is 47.7 Å². The molecule has 0 radical (unpaired) electrons. The Balaban J connectivity index is 2.43. The molecule has 2 rings (SSSR count). The Morgan fingerprint density at radius 1 is 1.40 bits per heavy atom. The normalized spacial score (nSPS) is 14.3. The molecule has 0 bridgehead atoms. The summed E-state index contributed by atoms with van der Waals surface area (Å²) in [6.45, 7) is 9.16. The minimum atomic E-state index is -0.628. The van der Waals surface area contributed by atoms with Crippen molar-refractivity contribution in [1.29, 1.82) is 5.26 Å². The average Bonchev–Trinajstić information content (AvgIpc) is 2.44. The van der Waals surface area contributed by atoms with Gasteiger partial charge < -0.3 is 4.90 Å². The summed E-state index contributed by atoms with van der Waals surface area (Å²) in [6.07, 6.45) is 3.97. The van der Waals surface area contributed by atoms with Gasteiger partial charge in [-0.1, -0.05) is 5.92 Å². The number of hydrogen-bond acceptors (Lipinski definition) is 3. The van der Waals surface area contributed by atoms with Gasteiger partial charge in [0.2, 0.25) is 0 Å². The third-order valence-electron chi connectivity index (χ3n) is 3.56. The lowest BCUT2D eigenvalue weighted by molar-refractivity contribution is 0.623. The lowest BCUT2D eigenvalue weighted by Gasteiger charge is -2.34. The summed E-state index contributed by atoms with van der Waals surface area (Å²) in [5, 5.41) is 9.04. The molecule has 0 aliphatic carbocycles. The maximum Gasteiger partial charge on any atom is 0.118 e. The van der Waals surface area contributed by atoms with Crippen LogP contribution in [0, 0.1) is 28.6 Å². The number of pyridine rings is 1. The summed E-state index contributed by atoms with van der Waals surface area (Å²) in [7, 11) is 0. The van der Waals surface area contributed by atoms with Crippen molar-refractivity contribution in [2.75, 3.05) is 11.4 Å². The Kier molecular flexibility index (Phi) is 4.00. The van der Waals surface area contributed by atoms with E-state index in [4.69, 9.17) is 5.26 Å². The lowest BCUT2D eigenvalue weighted by Crippen LogP contribution is -2.35. The Morgan fingerprint density at radius 3 is 2.80 bits per heavy atom. The van der Waals surface area contributed by atoms with Gasteiger partial charge in [-0.2, -0.15) is 5.26 Å². The molecule has 3 heteroatoms. The Labute approximate surface area is 121 Å². The minimum absolute atomic E-state index is 0.479. The zero-order chi connectivity index (χ0) is 14.8. The van der Waals surface area contributed by atoms with Crippen molar-refractivity contribution in [3.8, 4) is 17.9 Å². The largest absolute Gasteiger partial charge is 0.369 e. The maximum atomic E-state index is 9.04. The molecular weight excluding hydrogens is 246 g/mol. The van der Waals surface area contributed by atoms with Gasteiger partial charge in [-0.05, 0) is 52.5 Å². The first-order valence-electron chi connectivity index (χ1n) is 7.13. The van der Waals surface area contributed by atoms with Gasteiger partial charge in [0.15, 0.2) is 0 Å². The van der Waals surface area contributed by atoms with Gasteiger partial charge in [-0.25, -0.2) is 4.98 Å². The number of aromatic nitrogens is 1. The van der Waals surface area contributed by atoms with E-state index in [0.717, 1.165) is 25.1 Å². The maximum absolute atomic E-state index is 9.04. The van der Waals surface area contributed by atoms with Crippen molar-refractivity contribution in [1.82, 2.24) is 4.98 Å². The fourth-order valence-electron chi connectivity index (χ4n) is 2.43. The highest BCUT2D eigenvalue weighted by Crippen LogP contribution is 2.30. The molecule has 0 fully saturated rings. The molecule has 0 unspecified atom stereocenters. The van der Waals surface area contributed by atoms with Crippen LogP contribution in [0.4, 0.5) is 5.69 Å². The first-order chi connectivity index (χ1) is 9.44.